The molecule has 3 aromatic carbocycles. The van der Waals surface area contributed by atoms with Gasteiger partial charge in [0.1, 0.15) is 0 Å². The van der Waals surface area contributed by atoms with Crippen molar-refractivity contribution < 1.29 is 9.90 Å². The van der Waals surface area contributed by atoms with Crippen LogP contribution in [0.15, 0.2) is 72.8 Å². The molecule has 1 aromatic heterocycles. The lowest BCUT2D eigenvalue weighted by Crippen LogP contribution is -1.99. The number of aromatic carboxylic acids is 1. The average molecular weight is 299 g/mol. The van der Waals surface area contributed by atoms with Crippen LogP contribution in [0.5, 0.6) is 0 Å². The van der Waals surface area contributed by atoms with Crippen molar-refractivity contribution in [3.63, 3.8) is 0 Å². The minimum atomic E-state index is -0.938. The van der Waals surface area contributed by atoms with Crippen LogP contribution in [0.2, 0.25) is 0 Å². The number of rotatable bonds is 2. The van der Waals surface area contributed by atoms with E-state index in [1.165, 1.54) is 0 Å². The fourth-order valence-electron chi connectivity index (χ4n) is 2.90. The molecule has 0 bridgehead atoms. The minimum Gasteiger partial charge on any atom is -0.478 e. The lowest BCUT2D eigenvalue weighted by Gasteiger charge is -2.10. The molecule has 0 spiro atoms. The van der Waals surface area contributed by atoms with Gasteiger partial charge >= 0.3 is 5.97 Å². The summed E-state index contributed by atoms with van der Waals surface area (Å²) in [6, 6.07) is 23.1. The van der Waals surface area contributed by atoms with E-state index in [-0.39, 0.29) is 5.56 Å². The molecule has 23 heavy (non-hydrogen) atoms. The van der Waals surface area contributed by atoms with Crippen LogP contribution in [-0.2, 0) is 0 Å². The first-order valence-corrected chi connectivity index (χ1v) is 7.35. The Morgan fingerprint density at radius 1 is 0.870 bits per heavy atom. The molecule has 0 unspecified atom stereocenters. The summed E-state index contributed by atoms with van der Waals surface area (Å²) >= 11 is 0. The van der Waals surface area contributed by atoms with Gasteiger partial charge in [-0.1, -0.05) is 54.6 Å². The average Bonchev–Trinajstić information content (AvgIpc) is 2.59. The van der Waals surface area contributed by atoms with Gasteiger partial charge in [-0.05, 0) is 23.8 Å². The van der Waals surface area contributed by atoms with E-state index >= 15 is 0 Å². The summed E-state index contributed by atoms with van der Waals surface area (Å²) in [6.07, 6.45) is 0. The summed E-state index contributed by atoms with van der Waals surface area (Å²) in [7, 11) is 0. The van der Waals surface area contributed by atoms with Gasteiger partial charge < -0.3 is 5.11 Å². The van der Waals surface area contributed by atoms with E-state index in [9.17, 15) is 9.90 Å². The molecule has 0 aliphatic heterocycles. The number of carbonyl (C=O) groups is 1. The molecule has 3 nitrogen and oxygen atoms in total. The number of para-hydroxylation sites is 1. The van der Waals surface area contributed by atoms with Crippen LogP contribution in [0, 0.1) is 0 Å². The number of carboxylic acid groups (broad SMARTS) is 1. The van der Waals surface area contributed by atoms with E-state index in [0.717, 1.165) is 27.5 Å². The van der Waals surface area contributed by atoms with Crippen LogP contribution in [0.3, 0.4) is 0 Å². The first kappa shape index (κ1) is 13.5. The van der Waals surface area contributed by atoms with Crippen molar-refractivity contribution in [2.45, 2.75) is 0 Å². The number of nitrogens with zero attached hydrogens (tertiary/aromatic N) is 1. The summed E-state index contributed by atoms with van der Waals surface area (Å²) in [5.74, 6) is -0.938. The van der Waals surface area contributed by atoms with Crippen molar-refractivity contribution in [2.75, 3.05) is 0 Å². The fourth-order valence-corrected chi connectivity index (χ4v) is 2.90. The van der Waals surface area contributed by atoms with E-state index in [0.29, 0.717) is 5.39 Å². The number of pyridine rings is 1. The normalized spacial score (nSPS) is 11.0. The monoisotopic (exact) mass is 299 g/mol. The van der Waals surface area contributed by atoms with Crippen LogP contribution < -0.4 is 0 Å². The maximum atomic E-state index is 11.6. The standard InChI is InChI=1S/C20H13NO2/c22-20(23)16-11-10-15(13-6-2-1-3-7-13)19-17(16)12-14-8-4-5-9-18(14)21-19/h1-12H,(H,22,23). The molecule has 0 fully saturated rings. The zero-order chi connectivity index (χ0) is 15.8. The van der Waals surface area contributed by atoms with Crippen LogP contribution >= 0.6 is 0 Å². The number of carboxylic acids is 1. The predicted octanol–water partition coefficient (Wildman–Crippen LogP) is 4.75. The molecule has 0 saturated carbocycles. The highest BCUT2D eigenvalue weighted by Crippen LogP contribution is 2.31. The number of aromatic nitrogens is 1. The van der Waals surface area contributed by atoms with Gasteiger partial charge in [-0.2, -0.15) is 0 Å². The Labute approximate surface area is 132 Å². The summed E-state index contributed by atoms with van der Waals surface area (Å²) < 4.78 is 0. The van der Waals surface area contributed by atoms with E-state index in [1.54, 1.807) is 6.07 Å². The Morgan fingerprint density at radius 3 is 2.39 bits per heavy atom. The second-order valence-electron chi connectivity index (χ2n) is 5.41. The third-order valence-electron chi connectivity index (χ3n) is 4.00. The van der Waals surface area contributed by atoms with Gasteiger partial charge in [-0.25, -0.2) is 9.78 Å². The summed E-state index contributed by atoms with van der Waals surface area (Å²) in [6.45, 7) is 0. The number of hydrogen-bond donors (Lipinski definition) is 1. The van der Waals surface area contributed by atoms with Crippen LogP contribution in [0.4, 0.5) is 0 Å². The molecule has 0 radical (unpaired) electrons. The SMILES string of the molecule is O=C(O)c1ccc(-c2ccccc2)c2nc3ccccc3cc12. The summed E-state index contributed by atoms with van der Waals surface area (Å²) in [5.41, 5.74) is 3.82. The predicted molar refractivity (Wildman–Crippen MR) is 91.6 cm³/mol. The van der Waals surface area contributed by atoms with Crippen molar-refractivity contribution in [3.8, 4) is 11.1 Å². The van der Waals surface area contributed by atoms with Gasteiger partial charge in [0, 0.05) is 16.3 Å². The van der Waals surface area contributed by atoms with Gasteiger partial charge in [0.25, 0.3) is 0 Å². The van der Waals surface area contributed by atoms with Crippen LogP contribution in [-0.4, -0.2) is 16.1 Å². The molecular formula is C20H13NO2. The summed E-state index contributed by atoms with van der Waals surface area (Å²) in [4.78, 5) is 16.3. The van der Waals surface area contributed by atoms with E-state index in [4.69, 9.17) is 4.98 Å². The highest BCUT2D eigenvalue weighted by Gasteiger charge is 2.14. The highest BCUT2D eigenvalue weighted by molar-refractivity contribution is 6.10. The largest absolute Gasteiger partial charge is 0.478 e. The molecule has 110 valence electrons. The lowest BCUT2D eigenvalue weighted by atomic mass is 9.97. The third-order valence-corrected chi connectivity index (χ3v) is 4.00. The molecule has 4 aromatic rings. The molecule has 1 N–H and O–H groups in total. The van der Waals surface area contributed by atoms with Gasteiger partial charge in [0.2, 0.25) is 0 Å². The van der Waals surface area contributed by atoms with Crippen LogP contribution in [0.25, 0.3) is 32.9 Å². The van der Waals surface area contributed by atoms with Crippen molar-refractivity contribution in [1.82, 2.24) is 4.98 Å². The highest BCUT2D eigenvalue weighted by atomic mass is 16.4. The molecule has 3 heteroatoms. The molecule has 0 aliphatic carbocycles. The number of hydrogen-bond acceptors (Lipinski definition) is 2. The third kappa shape index (κ3) is 2.23. The van der Waals surface area contributed by atoms with Gasteiger partial charge in [-0.15, -0.1) is 0 Å². The van der Waals surface area contributed by atoms with Crippen LogP contribution in [0.1, 0.15) is 10.4 Å². The molecule has 0 amide bonds. The van der Waals surface area contributed by atoms with Gasteiger partial charge in [-0.3, -0.25) is 0 Å². The molecule has 0 saturated heterocycles. The van der Waals surface area contributed by atoms with Gasteiger partial charge in [0.15, 0.2) is 0 Å². The minimum absolute atomic E-state index is 0.276. The molecule has 1 heterocycles. The molecule has 4 rings (SSSR count). The Balaban J connectivity index is 2.15. The van der Waals surface area contributed by atoms with E-state index in [2.05, 4.69) is 0 Å². The summed E-state index contributed by atoms with van der Waals surface area (Å²) in [5, 5.41) is 11.1. The van der Waals surface area contributed by atoms with E-state index in [1.807, 2.05) is 66.7 Å². The molecule has 0 atom stereocenters. The first-order valence-electron chi connectivity index (χ1n) is 7.35. The number of fused-ring (bicyclic) bond motifs is 2. The van der Waals surface area contributed by atoms with Crippen molar-refractivity contribution in [2.24, 2.45) is 0 Å². The lowest BCUT2D eigenvalue weighted by molar-refractivity contribution is 0.0699. The smallest absolute Gasteiger partial charge is 0.336 e. The Kier molecular flexibility index (Phi) is 3.05. The van der Waals surface area contributed by atoms with E-state index < -0.39 is 5.97 Å². The first-order chi connectivity index (χ1) is 11.2. The molecular weight excluding hydrogens is 286 g/mol. The second kappa shape index (κ2) is 5.21. The maximum Gasteiger partial charge on any atom is 0.336 e. The zero-order valence-corrected chi connectivity index (χ0v) is 12.2. The Bertz CT molecular complexity index is 1040. The van der Waals surface area contributed by atoms with Gasteiger partial charge in [0.05, 0.1) is 16.6 Å². The second-order valence-corrected chi connectivity index (χ2v) is 5.41. The van der Waals surface area contributed by atoms with Crippen molar-refractivity contribution >= 4 is 27.8 Å². The quantitative estimate of drug-likeness (QED) is 0.543. The number of benzene rings is 3. The zero-order valence-electron chi connectivity index (χ0n) is 12.2. The Hall–Kier alpha value is -3.20. The molecule has 0 aliphatic rings. The maximum absolute atomic E-state index is 11.6. The van der Waals surface area contributed by atoms with Crippen molar-refractivity contribution in [1.29, 1.82) is 0 Å². The fraction of sp³-hybridized carbons (Fsp3) is 0. The Morgan fingerprint density at radius 2 is 1.61 bits per heavy atom. The van der Waals surface area contributed by atoms with Crippen molar-refractivity contribution in [3.05, 3.63) is 78.4 Å². The topological polar surface area (TPSA) is 50.2 Å².